The fourth-order valence-corrected chi connectivity index (χ4v) is 3.34. The van der Waals surface area contributed by atoms with Gasteiger partial charge in [0.1, 0.15) is 11.7 Å². The van der Waals surface area contributed by atoms with Crippen molar-refractivity contribution in [2.45, 2.75) is 105 Å². The molecule has 0 aromatic heterocycles. The van der Waals surface area contributed by atoms with Crippen LogP contribution in [0.4, 0.5) is 0 Å². The summed E-state index contributed by atoms with van der Waals surface area (Å²) in [7, 11) is 0. The van der Waals surface area contributed by atoms with Gasteiger partial charge in [0.2, 0.25) is 0 Å². The van der Waals surface area contributed by atoms with Crippen molar-refractivity contribution in [1.29, 1.82) is 0 Å². The summed E-state index contributed by atoms with van der Waals surface area (Å²) in [6, 6.07) is 0. The molecule has 1 unspecified atom stereocenters. The highest BCUT2D eigenvalue weighted by Crippen LogP contribution is 2.33. The molecule has 0 aromatic carbocycles. The van der Waals surface area contributed by atoms with Crippen LogP contribution in [0, 0.1) is 5.92 Å². The Morgan fingerprint density at radius 3 is 2.14 bits per heavy atom. The molecule has 1 saturated heterocycles. The Balaban J connectivity index is 2.30. The molecule has 160 valence electrons. The van der Waals surface area contributed by atoms with E-state index >= 15 is 0 Å². The molecule has 0 radical (unpaired) electrons. The third kappa shape index (κ3) is 9.70. The Bertz CT molecular complexity index is 573. The summed E-state index contributed by atoms with van der Waals surface area (Å²) < 4.78 is 0. The van der Waals surface area contributed by atoms with E-state index in [1.165, 1.54) is 16.7 Å². The Kier molecular flexibility index (Phi) is 10.8. The second-order valence-electron chi connectivity index (χ2n) is 8.83. The maximum Gasteiger partial charge on any atom is 0.308 e. The second kappa shape index (κ2) is 12.2. The Morgan fingerprint density at radius 2 is 1.64 bits per heavy atom. The van der Waals surface area contributed by atoms with E-state index in [1.54, 1.807) is 6.92 Å². The molecule has 1 N–H and O–H groups in total. The van der Waals surface area contributed by atoms with Gasteiger partial charge in [-0.2, -0.15) is 0 Å². The van der Waals surface area contributed by atoms with Gasteiger partial charge in [-0.3, -0.25) is 4.79 Å². The maximum absolute atomic E-state index is 11.1. The summed E-state index contributed by atoms with van der Waals surface area (Å²) in [6.07, 6.45) is 14.5. The number of carboxylic acids is 1. The quantitative estimate of drug-likeness (QED) is 0.311. The molecular formula is C24H40O4. The van der Waals surface area contributed by atoms with Crippen molar-refractivity contribution in [3.05, 3.63) is 34.9 Å². The first-order chi connectivity index (χ1) is 13.1. The van der Waals surface area contributed by atoms with Crippen LogP contribution in [-0.2, 0) is 14.6 Å². The number of hydrogen-bond donors (Lipinski definition) is 1. The maximum atomic E-state index is 11.1. The molecule has 0 aromatic rings. The van der Waals surface area contributed by atoms with Crippen molar-refractivity contribution < 1.29 is 19.7 Å². The topological polar surface area (TPSA) is 55.8 Å². The molecule has 28 heavy (non-hydrogen) atoms. The number of aliphatic carboxylic acids is 1. The average Bonchev–Trinajstić information content (AvgIpc) is 2.61. The van der Waals surface area contributed by atoms with Gasteiger partial charge in [0.15, 0.2) is 0 Å². The van der Waals surface area contributed by atoms with Crippen LogP contribution >= 0.6 is 0 Å². The SMILES string of the molecule is CC(C)=CCC/C(C)=C/CC/C(C)=C/CC[C@@]1(C)CCC([C@H](C)C(=O)O)OO1. The lowest BCUT2D eigenvalue weighted by Gasteiger charge is -2.37. The van der Waals surface area contributed by atoms with Crippen LogP contribution in [0.15, 0.2) is 34.9 Å². The van der Waals surface area contributed by atoms with Crippen LogP contribution in [0.25, 0.3) is 0 Å². The summed E-state index contributed by atoms with van der Waals surface area (Å²) in [6.45, 7) is 12.4. The first kappa shape index (κ1) is 24.6. The normalized spacial score (nSPS) is 24.7. The summed E-state index contributed by atoms with van der Waals surface area (Å²) in [4.78, 5) is 22.1. The molecule has 0 aliphatic carbocycles. The molecule has 0 saturated carbocycles. The van der Waals surface area contributed by atoms with Gasteiger partial charge in [0.25, 0.3) is 0 Å². The van der Waals surface area contributed by atoms with Crippen molar-refractivity contribution in [3.8, 4) is 0 Å². The van der Waals surface area contributed by atoms with Gasteiger partial charge in [-0.25, -0.2) is 9.78 Å². The van der Waals surface area contributed by atoms with Crippen LogP contribution in [-0.4, -0.2) is 22.8 Å². The van der Waals surface area contributed by atoms with Crippen molar-refractivity contribution in [2.24, 2.45) is 5.92 Å². The molecule has 1 aliphatic rings. The smallest absolute Gasteiger partial charge is 0.308 e. The third-order valence-corrected chi connectivity index (χ3v) is 5.57. The van der Waals surface area contributed by atoms with Crippen LogP contribution in [0.3, 0.4) is 0 Å². The first-order valence-electron chi connectivity index (χ1n) is 10.6. The molecule has 0 bridgehead atoms. The molecule has 0 amide bonds. The summed E-state index contributed by atoms with van der Waals surface area (Å²) >= 11 is 0. The number of hydrogen-bond acceptors (Lipinski definition) is 3. The summed E-state index contributed by atoms with van der Waals surface area (Å²) in [5.41, 5.74) is 3.94. The Labute approximate surface area is 171 Å². The van der Waals surface area contributed by atoms with Crippen LogP contribution in [0.5, 0.6) is 0 Å². The van der Waals surface area contributed by atoms with Crippen molar-refractivity contribution in [3.63, 3.8) is 0 Å². The lowest BCUT2D eigenvalue weighted by Crippen LogP contribution is -2.41. The van der Waals surface area contributed by atoms with E-state index in [-0.39, 0.29) is 11.7 Å². The monoisotopic (exact) mass is 392 g/mol. The molecule has 3 atom stereocenters. The van der Waals surface area contributed by atoms with Crippen LogP contribution in [0.1, 0.15) is 92.9 Å². The fraction of sp³-hybridized carbons (Fsp3) is 0.708. The number of allylic oxidation sites excluding steroid dienone is 6. The van der Waals surface area contributed by atoms with Gasteiger partial charge >= 0.3 is 5.97 Å². The summed E-state index contributed by atoms with van der Waals surface area (Å²) in [5.74, 6) is -1.37. The van der Waals surface area contributed by atoms with E-state index in [0.29, 0.717) is 0 Å². The molecule has 0 spiro atoms. The predicted octanol–water partition coefficient (Wildman–Crippen LogP) is 6.78. The van der Waals surface area contributed by atoms with E-state index in [4.69, 9.17) is 14.9 Å². The number of carbonyl (C=O) groups is 1. The standard InChI is InChI=1S/C24H40O4/c1-18(2)10-7-11-19(3)12-8-13-20(4)14-9-16-24(6)17-15-22(27-28-24)21(5)23(25)26/h10,12,14,21-22H,7-9,11,13,15-17H2,1-6H3,(H,25,26)/b19-12+,20-14+/t21-,22?,24-/m0/s1. The van der Waals surface area contributed by atoms with Crippen LogP contribution in [0.2, 0.25) is 0 Å². The molecule has 1 aliphatic heterocycles. The lowest BCUT2D eigenvalue weighted by molar-refractivity contribution is -0.411. The van der Waals surface area contributed by atoms with Gasteiger partial charge in [0, 0.05) is 0 Å². The minimum atomic E-state index is -0.836. The van der Waals surface area contributed by atoms with Crippen molar-refractivity contribution in [2.75, 3.05) is 0 Å². The van der Waals surface area contributed by atoms with E-state index in [2.05, 4.69) is 52.8 Å². The minimum Gasteiger partial charge on any atom is -0.481 e. The molecular weight excluding hydrogens is 352 g/mol. The number of carboxylic acid groups (broad SMARTS) is 1. The summed E-state index contributed by atoms with van der Waals surface area (Å²) in [5, 5.41) is 9.09. The average molecular weight is 393 g/mol. The predicted molar refractivity (Wildman–Crippen MR) is 115 cm³/mol. The number of rotatable bonds is 11. The highest BCUT2D eigenvalue weighted by atomic mass is 17.2. The minimum absolute atomic E-state index is 0.326. The van der Waals surface area contributed by atoms with Crippen molar-refractivity contribution >= 4 is 5.97 Å². The van der Waals surface area contributed by atoms with E-state index < -0.39 is 11.9 Å². The van der Waals surface area contributed by atoms with Crippen LogP contribution < -0.4 is 0 Å². The molecule has 4 nitrogen and oxygen atoms in total. The molecule has 4 heteroatoms. The van der Waals surface area contributed by atoms with E-state index in [0.717, 1.165) is 51.4 Å². The van der Waals surface area contributed by atoms with E-state index in [1.807, 2.05) is 0 Å². The first-order valence-corrected chi connectivity index (χ1v) is 10.6. The highest BCUT2D eigenvalue weighted by Gasteiger charge is 2.37. The van der Waals surface area contributed by atoms with Gasteiger partial charge in [-0.05, 0) is 92.9 Å². The Hall–Kier alpha value is -1.39. The van der Waals surface area contributed by atoms with Gasteiger partial charge in [-0.15, -0.1) is 0 Å². The second-order valence-corrected chi connectivity index (χ2v) is 8.83. The molecule has 1 heterocycles. The fourth-order valence-electron chi connectivity index (χ4n) is 3.34. The van der Waals surface area contributed by atoms with Gasteiger partial charge in [0.05, 0.1) is 5.92 Å². The van der Waals surface area contributed by atoms with Gasteiger partial charge in [-0.1, -0.05) is 34.9 Å². The largest absolute Gasteiger partial charge is 0.481 e. The zero-order chi connectivity index (χ0) is 21.2. The zero-order valence-corrected chi connectivity index (χ0v) is 18.7. The zero-order valence-electron chi connectivity index (χ0n) is 18.7. The molecule has 1 rings (SSSR count). The van der Waals surface area contributed by atoms with Crippen molar-refractivity contribution in [1.82, 2.24) is 0 Å². The third-order valence-electron chi connectivity index (χ3n) is 5.57. The van der Waals surface area contributed by atoms with Gasteiger partial charge < -0.3 is 5.11 Å². The Morgan fingerprint density at radius 1 is 1.07 bits per heavy atom. The molecule has 1 fully saturated rings. The highest BCUT2D eigenvalue weighted by molar-refractivity contribution is 5.70. The van der Waals surface area contributed by atoms with E-state index in [9.17, 15) is 4.79 Å². The lowest BCUT2D eigenvalue weighted by atomic mass is 9.88.